The lowest BCUT2D eigenvalue weighted by Crippen LogP contribution is -2.63. The molecule has 3 saturated carbocycles. The number of Topliss-reactive ketones (excluding diaryl/α,β-unsaturated/α-hetero) is 1. The van der Waals surface area contributed by atoms with E-state index in [1.165, 1.54) is 18.2 Å². The Morgan fingerprint density at radius 2 is 1.89 bits per heavy atom. The number of carbonyl (C=O) groups excluding carboxylic acids is 3. The van der Waals surface area contributed by atoms with Crippen LogP contribution in [-0.2, 0) is 35.0 Å². The van der Waals surface area contributed by atoms with E-state index in [2.05, 4.69) is 17.2 Å². The van der Waals surface area contributed by atoms with Crippen molar-refractivity contribution >= 4 is 34.9 Å². The fourth-order valence-corrected chi connectivity index (χ4v) is 10.3. The first-order valence-electron chi connectivity index (χ1n) is 18.5. The van der Waals surface area contributed by atoms with E-state index in [0.717, 1.165) is 24.8 Å². The summed E-state index contributed by atoms with van der Waals surface area (Å²) in [5.41, 5.74) is -0.469. The van der Waals surface area contributed by atoms with Crippen molar-refractivity contribution < 1.29 is 48.7 Å². The number of allylic oxidation sites excluding steroid dienone is 4. The number of azo groups is 1. The Morgan fingerprint density at radius 1 is 1.09 bits per heavy atom. The van der Waals surface area contributed by atoms with Gasteiger partial charge in [0.1, 0.15) is 11.3 Å². The number of esters is 1. The van der Waals surface area contributed by atoms with E-state index < -0.39 is 53.5 Å². The molecule has 2 unspecified atom stereocenters. The Hall–Kier alpha value is -4.52. The molecule has 0 spiro atoms. The zero-order valence-corrected chi connectivity index (χ0v) is 30.2. The Balaban J connectivity index is 1.05. The Morgan fingerprint density at radius 3 is 2.66 bits per heavy atom. The smallest absolute Gasteiger partial charge is 0.339 e. The number of ketones is 2. The second-order valence-corrected chi connectivity index (χ2v) is 15.6. The van der Waals surface area contributed by atoms with Crippen LogP contribution in [0.3, 0.4) is 0 Å². The average molecular weight is 727 g/mol. The molecule has 4 fully saturated rings. The SMILES string of the molecule is CCCC1OC2C[C@H]3[C@@H]4CCC5=CC(=O)C=C[C@]5(C)[C@H]4[C@@H](O)C[C@]3(C)[C@]2(C(=O)COC(=O)CCc2ccccc2N=Nc2ccc(O)c(C(=O)O)c2)O1. The highest BCUT2D eigenvalue weighted by Gasteiger charge is 2.75. The largest absolute Gasteiger partial charge is 0.507 e. The first-order valence-corrected chi connectivity index (χ1v) is 18.5. The van der Waals surface area contributed by atoms with Crippen molar-refractivity contribution in [3.63, 3.8) is 0 Å². The number of hydrogen-bond donors (Lipinski definition) is 3. The van der Waals surface area contributed by atoms with Gasteiger partial charge in [-0.1, -0.05) is 57.0 Å². The van der Waals surface area contributed by atoms with Crippen molar-refractivity contribution in [2.24, 2.45) is 38.8 Å². The summed E-state index contributed by atoms with van der Waals surface area (Å²) in [5.74, 6) is -2.67. The Labute approximate surface area is 307 Å². The van der Waals surface area contributed by atoms with Gasteiger partial charge in [-0.2, -0.15) is 10.2 Å². The van der Waals surface area contributed by atoms with Crippen molar-refractivity contribution in [1.29, 1.82) is 0 Å². The van der Waals surface area contributed by atoms with Crippen LogP contribution >= 0.6 is 0 Å². The first-order chi connectivity index (χ1) is 25.3. The summed E-state index contributed by atoms with van der Waals surface area (Å²) in [6, 6.07) is 10.9. The van der Waals surface area contributed by atoms with Gasteiger partial charge in [0.05, 0.1) is 23.6 Å². The molecule has 1 aliphatic heterocycles. The molecule has 0 bridgehead atoms. The van der Waals surface area contributed by atoms with Gasteiger partial charge in [-0.25, -0.2) is 4.79 Å². The number of hydrogen-bond acceptors (Lipinski definition) is 11. The van der Waals surface area contributed by atoms with Crippen molar-refractivity contribution in [2.45, 2.75) is 96.2 Å². The van der Waals surface area contributed by atoms with Gasteiger partial charge >= 0.3 is 11.9 Å². The lowest BCUT2D eigenvalue weighted by atomic mass is 9.46. The van der Waals surface area contributed by atoms with E-state index in [9.17, 15) is 34.5 Å². The Bertz CT molecular complexity index is 1920. The van der Waals surface area contributed by atoms with E-state index >= 15 is 0 Å². The molecule has 9 atom stereocenters. The minimum atomic E-state index is -1.39. The number of aromatic carboxylic acids is 1. The van der Waals surface area contributed by atoms with Gasteiger partial charge < -0.3 is 29.5 Å². The molecule has 4 aliphatic carbocycles. The highest BCUT2D eigenvalue weighted by Crippen LogP contribution is 2.69. The number of carboxylic acid groups (broad SMARTS) is 1. The van der Waals surface area contributed by atoms with Crippen LogP contribution in [0.4, 0.5) is 11.4 Å². The number of aliphatic hydroxyl groups is 1. The normalized spacial score (nSPS) is 34.2. The van der Waals surface area contributed by atoms with E-state index in [-0.39, 0.29) is 59.2 Å². The molecule has 1 heterocycles. The number of fused-ring (bicyclic) bond motifs is 7. The van der Waals surface area contributed by atoms with Crippen LogP contribution < -0.4 is 0 Å². The number of rotatable bonds is 11. The molecule has 12 heteroatoms. The van der Waals surface area contributed by atoms with Gasteiger partial charge in [-0.05, 0) is 92.3 Å². The topological polar surface area (TPSA) is 181 Å². The minimum Gasteiger partial charge on any atom is -0.507 e. The number of aryl methyl sites for hydroxylation is 1. The average Bonchev–Trinajstić information content (AvgIpc) is 3.61. The molecule has 7 rings (SSSR count). The monoisotopic (exact) mass is 726 g/mol. The number of aromatic hydroxyl groups is 1. The van der Waals surface area contributed by atoms with Gasteiger partial charge in [-0.15, -0.1) is 0 Å². The standard InChI is InChI=1S/C41H46N2O10/c1-4-7-36-52-34-20-29-27-13-11-24-18-26(44)16-17-39(24,2)37(27)32(46)21-40(29,3)41(34,53-36)33(47)22-51-35(48)15-10-23-8-5-6-9-30(23)43-42-25-12-14-31(45)28(19-25)38(49)50/h5-6,8-9,12,14,16-19,27,29,32,34,36-37,45-46H,4,7,10-11,13,15,20-22H2,1-3H3,(H,49,50)/t27-,29-,32-,34?,36?,37+,39-,40-,41+/m0/s1. The van der Waals surface area contributed by atoms with Crippen LogP contribution in [0.5, 0.6) is 5.75 Å². The van der Waals surface area contributed by atoms with Gasteiger partial charge in [-0.3, -0.25) is 14.4 Å². The summed E-state index contributed by atoms with van der Waals surface area (Å²) >= 11 is 0. The number of phenols is 1. The van der Waals surface area contributed by atoms with Crippen LogP contribution in [0.1, 0.15) is 81.6 Å². The second kappa shape index (κ2) is 14.0. The molecule has 5 aliphatic rings. The zero-order chi connectivity index (χ0) is 37.7. The van der Waals surface area contributed by atoms with Crippen LogP contribution in [0.2, 0.25) is 0 Å². The number of nitrogens with zero attached hydrogens (tertiary/aromatic N) is 2. The quantitative estimate of drug-likeness (QED) is 0.166. The van der Waals surface area contributed by atoms with Crippen LogP contribution in [0.15, 0.2) is 76.5 Å². The number of carbonyl (C=O) groups is 4. The third-order valence-electron chi connectivity index (χ3n) is 12.7. The maximum absolute atomic E-state index is 14.5. The maximum Gasteiger partial charge on any atom is 0.339 e. The minimum absolute atomic E-state index is 0.00971. The molecule has 0 amide bonds. The van der Waals surface area contributed by atoms with E-state index in [0.29, 0.717) is 30.5 Å². The maximum atomic E-state index is 14.5. The van der Waals surface area contributed by atoms with Gasteiger partial charge in [0.15, 0.2) is 24.3 Å². The Kier molecular flexibility index (Phi) is 9.75. The molecule has 53 heavy (non-hydrogen) atoms. The van der Waals surface area contributed by atoms with Crippen molar-refractivity contribution in [3.8, 4) is 5.75 Å². The number of aliphatic hydroxyl groups excluding tert-OH is 1. The van der Waals surface area contributed by atoms with Crippen molar-refractivity contribution in [1.82, 2.24) is 0 Å². The molecular weight excluding hydrogens is 680 g/mol. The lowest BCUT2D eigenvalue weighted by molar-refractivity contribution is -0.201. The van der Waals surface area contributed by atoms with E-state index in [1.807, 2.05) is 19.9 Å². The summed E-state index contributed by atoms with van der Waals surface area (Å²) in [6.07, 6.45) is 7.45. The highest BCUT2D eigenvalue weighted by molar-refractivity contribution is 6.01. The predicted molar refractivity (Wildman–Crippen MR) is 191 cm³/mol. The fourth-order valence-electron chi connectivity index (χ4n) is 10.3. The molecule has 12 nitrogen and oxygen atoms in total. The summed E-state index contributed by atoms with van der Waals surface area (Å²) in [7, 11) is 0. The van der Waals surface area contributed by atoms with Crippen LogP contribution in [0.25, 0.3) is 0 Å². The first kappa shape index (κ1) is 36.8. The highest BCUT2D eigenvalue weighted by atomic mass is 16.7. The molecule has 1 saturated heterocycles. The third kappa shape index (κ3) is 6.24. The molecule has 2 aromatic carbocycles. The lowest BCUT2D eigenvalue weighted by Gasteiger charge is -2.59. The number of ether oxygens (including phenoxy) is 3. The number of carboxylic acids is 1. The van der Waals surface area contributed by atoms with Crippen LogP contribution in [-0.4, -0.2) is 69.5 Å². The van der Waals surface area contributed by atoms with Crippen molar-refractivity contribution in [2.75, 3.05) is 6.61 Å². The van der Waals surface area contributed by atoms with E-state index in [4.69, 9.17) is 14.2 Å². The second-order valence-electron chi connectivity index (χ2n) is 15.6. The van der Waals surface area contributed by atoms with Gasteiger partial charge in [0, 0.05) is 23.2 Å². The summed E-state index contributed by atoms with van der Waals surface area (Å²) in [4.78, 5) is 51.3. The number of benzene rings is 2. The van der Waals surface area contributed by atoms with Gasteiger partial charge in [0.25, 0.3) is 0 Å². The zero-order valence-electron chi connectivity index (χ0n) is 30.2. The molecule has 0 radical (unpaired) electrons. The van der Waals surface area contributed by atoms with Gasteiger partial charge in [0.2, 0.25) is 5.78 Å². The third-order valence-corrected chi connectivity index (χ3v) is 12.7. The fraction of sp³-hybridized carbons (Fsp3) is 0.512. The summed E-state index contributed by atoms with van der Waals surface area (Å²) in [6.45, 7) is 5.68. The van der Waals surface area contributed by atoms with E-state index in [1.54, 1.807) is 36.4 Å². The predicted octanol–water partition coefficient (Wildman–Crippen LogP) is 6.72. The summed E-state index contributed by atoms with van der Waals surface area (Å²) < 4.78 is 18.8. The molecule has 0 aromatic heterocycles. The molecular formula is C41H46N2O10. The summed E-state index contributed by atoms with van der Waals surface area (Å²) in [5, 5.41) is 39.4. The molecule has 2 aromatic rings. The van der Waals surface area contributed by atoms with Crippen LogP contribution in [0, 0.1) is 28.6 Å². The molecule has 280 valence electrons. The van der Waals surface area contributed by atoms with Crippen molar-refractivity contribution in [3.05, 3.63) is 77.4 Å². The molecule has 3 N–H and O–H groups in total.